The van der Waals surface area contributed by atoms with Crippen LogP contribution in [0.2, 0.25) is 5.02 Å². The summed E-state index contributed by atoms with van der Waals surface area (Å²) in [5, 5.41) is 5.06. The number of hydrogen-bond donors (Lipinski definition) is 1. The van der Waals surface area contributed by atoms with Crippen molar-refractivity contribution in [2.75, 3.05) is 11.9 Å². The zero-order chi connectivity index (χ0) is 16.8. The molecule has 2 heterocycles. The predicted octanol–water partition coefficient (Wildman–Crippen LogP) is 5.19. The fourth-order valence-corrected chi connectivity index (χ4v) is 4.34. The number of fused-ring (bicyclic) bond motifs is 4. The molecule has 0 bridgehead atoms. The smallest absolute Gasteiger partial charge is 0.196 e. The number of nitrogens with one attached hydrogen (secondary N) is 1. The summed E-state index contributed by atoms with van der Waals surface area (Å²) in [5.41, 5.74) is 0.505. The van der Waals surface area contributed by atoms with E-state index >= 15 is 0 Å². The van der Waals surface area contributed by atoms with Crippen molar-refractivity contribution >= 4 is 59.8 Å². The molecular weight excluding hydrogens is 347 g/mol. The standard InChI is InChI=1S/C18H12ClFN2OS/c1-2-21-18-17-14(10-5-3-4-6-13(10)22-18)15(23)11-7-9(20)8-12(19)16(11)24-17/h3-8H,2H2,1H3,(H,21,22). The monoisotopic (exact) mass is 358 g/mol. The lowest BCUT2D eigenvalue weighted by Gasteiger charge is -2.11. The van der Waals surface area contributed by atoms with Crippen molar-refractivity contribution in [3.8, 4) is 0 Å². The van der Waals surface area contributed by atoms with E-state index in [1.165, 1.54) is 23.5 Å². The van der Waals surface area contributed by atoms with Gasteiger partial charge in [0.05, 0.1) is 25.3 Å². The highest BCUT2D eigenvalue weighted by Crippen LogP contribution is 2.36. The van der Waals surface area contributed by atoms with Gasteiger partial charge in [0.25, 0.3) is 0 Å². The summed E-state index contributed by atoms with van der Waals surface area (Å²) in [7, 11) is 0. The Balaban J connectivity index is 2.31. The van der Waals surface area contributed by atoms with Gasteiger partial charge in [-0.25, -0.2) is 9.37 Å². The molecule has 0 unspecified atom stereocenters. The van der Waals surface area contributed by atoms with Crippen LogP contribution in [0.4, 0.5) is 10.2 Å². The largest absolute Gasteiger partial charge is 0.369 e. The lowest BCUT2D eigenvalue weighted by molar-refractivity contribution is 0.630. The SMILES string of the molecule is CCNc1nc2ccccc2c2c(=O)c3cc(F)cc(Cl)c3sc12. The zero-order valence-electron chi connectivity index (χ0n) is 12.7. The third-order valence-electron chi connectivity index (χ3n) is 3.88. The number of hydrogen-bond acceptors (Lipinski definition) is 4. The highest BCUT2D eigenvalue weighted by molar-refractivity contribution is 7.25. The summed E-state index contributed by atoms with van der Waals surface area (Å²) in [6.45, 7) is 2.64. The van der Waals surface area contributed by atoms with Crippen LogP contribution in [0.25, 0.3) is 31.1 Å². The van der Waals surface area contributed by atoms with Crippen molar-refractivity contribution in [2.24, 2.45) is 0 Å². The van der Waals surface area contributed by atoms with E-state index in [4.69, 9.17) is 11.6 Å². The summed E-state index contributed by atoms with van der Waals surface area (Å²) in [6.07, 6.45) is 0. The fourth-order valence-electron chi connectivity index (χ4n) is 2.88. The second kappa shape index (κ2) is 5.69. The maximum atomic E-state index is 13.7. The highest BCUT2D eigenvalue weighted by Gasteiger charge is 2.16. The Morgan fingerprint density at radius 1 is 1.21 bits per heavy atom. The van der Waals surface area contributed by atoms with Crippen molar-refractivity contribution in [1.82, 2.24) is 4.98 Å². The molecule has 0 atom stereocenters. The Kier molecular flexibility index (Phi) is 3.62. The summed E-state index contributed by atoms with van der Waals surface area (Å²) < 4.78 is 15.1. The van der Waals surface area contributed by atoms with Crippen molar-refractivity contribution in [3.05, 3.63) is 57.5 Å². The number of nitrogens with zero attached hydrogens (tertiary/aromatic N) is 1. The fraction of sp³-hybridized carbons (Fsp3) is 0.111. The zero-order valence-corrected chi connectivity index (χ0v) is 14.3. The number of anilines is 1. The topological polar surface area (TPSA) is 42.0 Å². The average Bonchev–Trinajstić information content (AvgIpc) is 2.56. The Morgan fingerprint density at radius 3 is 2.79 bits per heavy atom. The summed E-state index contributed by atoms with van der Waals surface area (Å²) in [5.74, 6) is 0.136. The Morgan fingerprint density at radius 2 is 2.00 bits per heavy atom. The third kappa shape index (κ3) is 2.24. The van der Waals surface area contributed by atoms with E-state index in [0.717, 1.165) is 15.6 Å². The van der Waals surface area contributed by atoms with Gasteiger partial charge in [-0.15, -0.1) is 11.3 Å². The minimum absolute atomic E-state index is 0.224. The number of halogens is 2. The van der Waals surface area contributed by atoms with Gasteiger partial charge in [0.1, 0.15) is 11.6 Å². The van der Waals surface area contributed by atoms with E-state index < -0.39 is 5.82 Å². The number of aromatic nitrogens is 1. The van der Waals surface area contributed by atoms with Crippen LogP contribution in [-0.2, 0) is 0 Å². The van der Waals surface area contributed by atoms with E-state index in [-0.39, 0.29) is 10.5 Å². The van der Waals surface area contributed by atoms with Crippen LogP contribution >= 0.6 is 22.9 Å². The van der Waals surface area contributed by atoms with Crippen LogP contribution in [-0.4, -0.2) is 11.5 Å². The van der Waals surface area contributed by atoms with Crippen LogP contribution in [0.3, 0.4) is 0 Å². The first kappa shape index (κ1) is 15.3. The first-order valence-corrected chi connectivity index (χ1v) is 8.67. The molecule has 2 aromatic heterocycles. The van der Waals surface area contributed by atoms with E-state index in [9.17, 15) is 9.18 Å². The van der Waals surface area contributed by atoms with Crippen molar-refractivity contribution in [3.63, 3.8) is 0 Å². The van der Waals surface area contributed by atoms with Gasteiger partial charge >= 0.3 is 0 Å². The minimum Gasteiger partial charge on any atom is -0.369 e. The molecule has 6 heteroatoms. The number of para-hydroxylation sites is 1. The Bertz CT molecular complexity index is 1170. The number of pyridine rings is 1. The van der Waals surface area contributed by atoms with Gasteiger partial charge in [0.2, 0.25) is 0 Å². The first-order valence-electron chi connectivity index (χ1n) is 7.48. The van der Waals surface area contributed by atoms with E-state index in [1.807, 2.05) is 31.2 Å². The van der Waals surface area contributed by atoms with Crippen molar-refractivity contribution in [2.45, 2.75) is 6.92 Å². The molecule has 2 aromatic carbocycles. The average molecular weight is 359 g/mol. The molecule has 24 heavy (non-hydrogen) atoms. The molecule has 4 rings (SSSR count). The summed E-state index contributed by atoms with van der Waals surface area (Å²) in [6, 6.07) is 9.95. The molecule has 0 radical (unpaired) electrons. The van der Waals surface area contributed by atoms with Crippen LogP contribution in [0, 0.1) is 5.82 Å². The molecule has 0 amide bonds. The van der Waals surface area contributed by atoms with E-state index in [1.54, 1.807) is 0 Å². The molecule has 4 aromatic rings. The lowest BCUT2D eigenvalue weighted by Crippen LogP contribution is -2.07. The predicted molar refractivity (Wildman–Crippen MR) is 100 cm³/mol. The van der Waals surface area contributed by atoms with E-state index in [2.05, 4.69) is 10.3 Å². The molecule has 1 N–H and O–H groups in total. The molecule has 0 aliphatic carbocycles. The molecule has 3 nitrogen and oxygen atoms in total. The highest BCUT2D eigenvalue weighted by atomic mass is 35.5. The van der Waals surface area contributed by atoms with Gasteiger partial charge in [-0.1, -0.05) is 29.8 Å². The van der Waals surface area contributed by atoms with Gasteiger partial charge in [0, 0.05) is 17.3 Å². The molecule has 0 aliphatic rings. The van der Waals surface area contributed by atoms with Gasteiger partial charge in [-0.2, -0.15) is 0 Å². The van der Waals surface area contributed by atoms with Crippen LogP contribution in [0.15, 0.2) is 41.2 Å². The molecule has 0 aliphatic heterocycles. The maximum Gasteiger partial charge on any atom is 0.196 e. The van der Waals surface area contributed by atoms with Gasteiger partial charge in [-0.05, 0) is 25.1 Å². The van der Waals surface area contributed by atoms with Gasteiger partial charge in [-0.3, -0.25) is 4.79 Å². The van der Waals surface area contributed by atoms with Crippen molar-refractivity contribution < 1.29 is 4.39 Å². The van der Waals surface area contributed by atoms with Gasteiger partial charge < -0.3 is 5.32 Å². The number of benzene rings is 2. The van der Waals surface area contributed by atoms with Crippen LogP contribution in [0.5, 0.6) is 0 Å². The lowest BCUT2D eigenvalue weighted by atomic mass is 10.1. The minimum atomic E-state index is -0.513. The van der Waals surface area contributed by atoms with E-state index in [0.29, 0.717) is 27.8 Å². The second-order valence-corrected chi connectivity index (χ2v) is 6.84. The maximum absolute atomic E-state index is 13.7. The molecule has 0 fully saturated rings. The summed E-state index contributed by atoms with van der Waals surface area (Å²) >= 11 is 7.53. The second-order valence-electron chi connectivity index (χ2n) is 5.41. The first-order chi connectivity index (χ1) is 11.6. The van der Waals surface area contributed by atoms with Crippen LogP contribution < -0.4 is 10.7 Å². The molecule has 0 saturated heterocycles. The molecular formula is C18H12ClFN2OS. The molecule has 120 valence electrons. The Labute approximate surface area is 145 Å². The molecule has 0 saturated carbocycles. The normalized spacial score (nSPS) is 11.5. The summed E-state index contributed by atoms with van der Waals surface area (Å²) in [4.78, 5) is 17.7. The Hall–Kier alpha value is -2.24. The quantitative estimate of drug-likeness (QED) is 0.396. The van der Waals surface area contributed by atoms with Crippen LogP contribution in [0.1, 0.15) is 6.92 Å². The third-order valence-corrected chi connectivity index (χ3v) is 5.53. The van der Waals surface area contributed by atoms with Crippen molar-refractivity contribution in [1.29, 1.82) is 0 Å². The molecule has 0 spiro atoms. The van der Waals surface area contributed by atoms with Gasteiger partial charge in [0.15, 0.2) is 5.43 Å². The number of rotatable bonds is 2.